The van der Waals surface area contributed by atoms with Gasteiger partial charge >= 0.3 is 18.0 Å². The van der Waals surface area contributed by atoms with Crippen molar-refractivity contribution in [2.24, 2.45) is 0 Å². The van der Waals surface area contributed by atoms with Crippen LogP contribution in [-0.4, -0.2) is 50.4 Å². The number of aromatic amines is 1. The van der Waals surface area contributed by atoms with E-state index < -0.39 is 23.9 Å². The Hall–Kier alpha value is -5.77. The van der Waals surface area contributed by atoms with Crippen LogP contribution in [0.1, 0.15) is 42.2 Å². The second-order valence-electron chi connectivity index (χ2n) is 9.39. The van der Waals surface area contributed by atoms with Gasteiger partial charge in [0.2, 0.25) is 0 Å². The van der Waals surface area contributed by atoms with E-state index in [2.05, 4.69) is 15.3 Å². The molecule has 0 atom stereocenters. The van der Waals surface area contributed by atoms with Gasteiger partial charge < -0.3 is 20.1 Å². The molecule has 10 heteroatoms. The van der Waals surface area contributed by atoms with Crippen molar-refractivity contribution in [2.75, 3.05) is 11.9 Å². The van der Waals surface area contributed by atoms with Crippen molar-refractivity contribution in [1.82, 2.24) is 14.9 Å². The Bertz CT molecular complexity index is 1750. The van der Waals surface area contributed by atoms with Crippen LogP contribution in [0.15, 0.2) is 103 Å². The van der Waals surface area contributed by atoms with Crippen LogP contribution in [0.5, 0.6) is 0 Å². The topological polar surface area (TPSA) is 142 Å². The van der Waals surface area contributed by atoms with Gasteiger partial charge in [0.05, 0.1) is 34.1 Å². The molecule has 0 saturated carbocycles. The number of carboxylic acid groups (broad SMARTS) is 1. The third-order valence-electron chi connectivity index (χ3n) is 6.54. The standard InChI is InChI=1S/C32H26N4O6/c37-29(25-17-27-28(34-20-33-27)18-26(25)30(38)39)36(15-14-21-8-3-1-4-9-21)32(41)35-24-13-7-12-23(16-24)31(40)42-19-22-10-5-2-6-11-22/h1-13,16-18,20H,14-15,19H2,(H,33,34)(H,35,41)(H,38,39). The fourth-order valence-corrected chi connectivity index (χ4v) is 4.38. The number of aromatic carboxylic acids is 1. The number of urea groups is 1. The lowest BCUT2D eigenvalue weighted by atomic mass is 10.0. The summed E-state index contributed by atoms with van der Waals surface area (Å²) in [5.74, 6) is -2.70. The Labute approximate surface area is 240 Å². The molecule has 10 nitrogen and oxygen atoms in total. The van der Waals surface area contributed by atoms with Gasteiger partial charge in [-0.3, -0.25) is 9.69 Å². The van der Waals surface area contributed by atoms with Crippen molar-refractivity contribution in [3.05, 3.63) is 131 Å². The molecule has 0 aliphatic rings. The summed E-state index contributed by atoms with van der Waals surface area (Å²) in [4.78, 5) is 59.9. The molecule has 0 aliphatic carbocycles. The van der Waals surface area contributed by atoms with E-state index in [-0.39, 0.29) is 35.5 Å². The fraction of sp³-hybridized carbons (Fsp3) is 0.0938. The number of carbonyl (C=O) groups excluding carboxylic acids is 3. The quantitative estimate of drug-likeness (QED) is 0.200. The smallest absolute Gasteiger partial charge is 0.338 e. The van der Waals surface area contributed by atoms with E-state index in [0.717, 1.165) is 16.0 Å². The summed E-state index contributed by atoms with van der Waals surface area (Å²) in [7, 11) is 0. The largest absolute Gasteiger partial charge is 0.478 e. The molecular formula is C32H26N4O6. The summed E-state index contributed by atoms with van der Waals surface area (Å²) in [5.41, 5.74) is 2.56. The number of amides is 3. The van der Waals surface area contributed by atoms with Crippen LogP contribution < -0.4 is 5.32 Å². The number of fused-ring (bicyclic) bond motifs is 1. The molecule has 0 unspecified atom stereocenters. The molecule has 4 aromatic carbocycles. The number of benzene rings is 4. The van der Waals surface area contributed by atoms with Gasteiger partial charge in [0.15, 0.2) is 0 Å². The van der Waals surface area contributed by atoms with Crippen LogP contribution in [-0.2, 0) is 17.8 Å². The van der Waals surface area contributed by atoms with E-state index in [1.54, 1.807) is 18.2 Å². The number of carboxylic acids is 1. The molecule has 3 N–H and O–H groups in total. The van der Waals surface area contributed by atoms with E-state index in [0.29, 0.717) is 17.5 Å². The molecule has 42 heavy (non-hydrogen) atoms. The number of rotatable bonds is 9. The highest BCUT2D eigenvalue weighted by Crippen LogP contribution is 2.21. The Morgan fingerprint density at radius 1 is 0.833 bits per heavy atom. The second kappa shape index (κ2) is 12.6. The Morgan fingerprint density at radius 2 is 1.55 bits per heavy atom. The van der Waals surface area contributed by atoms with E-state index in [4.69, 9.17) is 4.74 Å². The average Bonchev–Trinajstić information content (AvgIpc) is 3.48. The third kappa shape index (κ3) is 6.50. The fourth-order valence-electron chi connectivity index (χ4n) is 4.38. The van der Waals surface area contributed by atoms with Crippen molar-refractivity contribution in [2.45, 2.75) is 13.0 Å². The van der Waals surface area contributed by atoms with Crippen LogP contribution in [0, 0.1) is 0 Å². The van der Waals surface area contributed by atoms with Crippen molar-refractivity contribution >= 4 is 40.6 Å². The maximum Gasteiger partial charge on any atom is 0.338 e. The zero-order chi connectivity index (χ0) is 29.5. The summed E-state index contributed by atoms with van der Waals surface area (Å²) < 4.78 is 5.39. The first kappa shape index (κ1) is 27.8. The molecule has 1 aromatic heterocycles. The number of imide groups is 1. The minimum Gasteiger partial charge on any atom is -0.478 e. The SMILES string of the molecule is O=C(OCc1ccccc1)c1cccc(NC(=O)N(CCc2ccccc2)C(=O)c2cc3nc[nH]c3cc2C(=O)O)c1. The molecule has 0 aliphatic heterocycles. The molecule has 5 aromatic rings. The van der Waals surface area contributed by atoms with Gasteiger partial charge in [-0.2, -0.15) is 0 Å². The predicted molar refractivity (Wildman–Crippen MR) is 155 cm³/mol. The van der Waals surface area contributed by atoms with E-state index in [1.165, 1.54) is 24.5 Å². The molecule has 0 fully saturated rings. The van der Waals surface area contributed by atoms with Gasteiger partial charge in [0.1, 0.15) is 6.61 Å². The normalized spacial score (nSPS) is 10.7. The number of esters is 1. The molecule has 3 amide bonds. The van der Waals surface area contributed by atoms with E-state index in [9.17, 15) is 24.3 Å². The van der Waals surface area contributed by atoms with Gasteiger partial charge in [-0.25, -0.2) is 19.4 Å². The number of imidazole rings is 1. The van der Waals surface area contributed by atoms with Gasteiger partial charge in [-0.05, 0) is 47.9 Å². The first-order chi connectivity index (χ1) is 20.4. The number of carbonyl (C=O) groups is 4. The minimum atomic E-state index is -1.32. The first-order valence-corrected chi connectivity index (χ1v) is 13.1. The molecule has 5 rings (SSSR count). The van der Waals surface area contributed by atoms with Gasteiger partial charge in [0.25, 0.3) is 5.91 Å². The summed E-state index contributed by atoms with van der Waals surface area (Å²) in [5, 5.41) is 12.5. The summed E-state index contributed by atoms with van der Waals surface area (Å²) in [6.07, 6.45) is 1.72. The zero-order valence-electron chi connectivity index (χ0n) is 22.3. The summed E-state index contributed by atoms with van der Waals surface area (Å²) >= 11 is 0. The summed E-state index contributed by atoms with van der Waals surface area (Å²) in [6.45, 7) is 0.0510. The number of nitrogens with one attached hydrogen (secondary N) is 2. The first-order valence-electron chi connectivity index (χ1n) is 13.1. The number of H-pyrrole nitrogens is 1. The van der Waals surface area contributed by atoms with Crippen LogP contribution in [0.2, 0.25) is 0 Å². The maximum absolute atomic E-state index is 13.8. The lowest BCUT2D eigenvalue weighted by Crippen LogP contribution is -2.42. The second-order valence-corrected chi connectivity index (χ2v) is 9.39. The molecule has 210 valence electrons. The van der Waals surface area contributed by atoms with Crippen LogP contribution in [0.3, 0.4) is 0 Å². The van der Waals surface area contributed by atoms with Crippen molar-refractivity contribution in [3.8, 4) is 0 Å². The predicted octanol–water partition coefficient (Wildman–Crippen LogP) is 5.54. The van der Waals surface area contributed by atoms with Crippen LogP contribution in [0.4, 0.5) is 10.5 Å². The monoisotopic (exact) mass is 562 g/mol. The molecular weight excluding hydrogens is 536 g/mol. The number of aromatic nitrogens is 2. The van der Waals surface area contributed by atoms with Crippen LogP contribution >= 0.6 is 0 Å². The van der Waals surface area contributed by atoms with Gasteiger partial charge in [-0.1, -0.05) is 66.7 Å². The van der Waals surface area contributed by atoms with Gasteiger partial charge in [0, 0.05) is 12.2 Å². The molecule has 0 radical (unpaired) electrons. The number of anilines is 1. The average molecular weight is 563 g/mol. The van der Waals surface area contributed by atoms with Gasteiger partial charge in [-0.15, -0.1) is 0 Å². The lowest BCUT2D eigenvalue weighted by Gasteiger charge is -2.22. The van der Waals surface area contributed by atoms with E-state index in [1.807, 2.05) is 60.7 Å². The van der Waals surface area contributed by atoms with Crippen molar-refractivity contribution < 1.29 is 29.0 Å². The Balaban J connectivity index is 1.38. The number of ether oxygens (including phenoxy) is 1. The van der Waals surface area contributed by atoms with Crippen molar-refractivity contribution in [1.29, 1.82) is 0 Å². The molecule has 0 saturated heterocycles. The molecule has 0 bridgehead atoms. The zero-order valence-corrected chi connectivity index (χ0v) is 22.3. The third-order valence-corrected chi connectivity index (χ3v) is 6.54. The van der Waals surface area contributed by atoms with Crippen molar-refractivity contribution in [3.63, 3.8) is 0 Å². The minimum absolute atomic E-state index is 0.0366. The van der Waals surface area contributed by atoms with E-state index >= 15 is 0 Å². The van der Waals surface area contributed by atoms with Crippen LogP contribution in [0.25, 0.3) is 11.0 Å². The Morgan fingerprint density at radius 3 is 2.26 bits per heavy atom. The molecule has 0 spiro atoms. The Kier molecular flexibility index (Phi) is 8.34. The number of hydrogen-bond acceptors (Lipinski definition) is 6. The highest BCUT2D eigenvalue weighted by molar-refractivity contribution is 6.13. The maximum atomic E-state index is 13.8. The molecule has 1 heterocycles. The lowest BCUT2D eigenvalue weighted by molar-refractivity contribution is 0.0472. The highest BCUT2D eigenvalue weighted by atomic mass is 16.5. The number of hydrogen-bond donors (Lipinski definition) is 3. The number of nitrogens with zero attached hydrogens (tertiary/aromatic N) is 2. The highest BCUT2D eigenvalue weighted by Gasteiger charge is 2.28. The summed E-state index contributed by atoms with van der Waals surface area (Å²) in [6, 6.07) is 26.5.